The zero-order valence-electron chi connectivity index (χ0n) is 18.2. The largest absolute Gasteiger partial charge is 0.480 e. The monoisotopic (exact) mass is 446 g/mol. The van der Waals surface area contributed by atoms with E-state index in [1.54, 1.807) is 6.20 Å². The highest BCUT2D eigenvalue weighted by Crippen LogP contribution is 2.38. The maximum atomic E-state index is 12.9. The fraction of sp³-hybridized carbons (Fsp3) is 0.261. The number of methoxy groups -OCH3 is 2. The first-order chi connectivity index (χ1) is 16.2. The van der Waals surface area contributed by atoms with Crippen molar-refractivity contribution in [2.75, 3.05) is 40.5 Å². The first-order valence-corrected chi connectivity index (χ1v) is 10.4. The molecule has 1 amide bonds. The van der Waals surface area contributed by atoms with Gasteiger partial charge in [0.2, 0.25) is 11.8 Å². The Kier molecular flexibility index (Phi) is 5.57. The number of ether oxygens (including phenoxy) is 3. The number of aromatic amines is 1. The second-order valence-electron chi connectivity index (χ2n) is 7.44. The van der Waals surface area contributed by atoms with E-state index in [2.05, 4.69) is 25.1 Å². The third kappa shape index (κ3) is 3.85. The SMILES string of the molecule is COc1ncnc(OC)c1-c1n[nH]c2ncc(-c3cccc(C(=O)N4CCOCC4)c3)cc12. The summed E-state index contributed by atoms with van der Waals surface area (Å²) in [5.74, 6) is 0.687. The molecule has 1 saturated heterocycles. The van der Waals surface area contributed by atoms with E-state index < -0.39 is 0 Å². The van der Waals surface area contributed by atoms with Crippen molar-refractivity contribution in [1.29, 1.82) is 0 Å². The van der Waals surface area contributed by atoms with Crippen LogP contribution in [0.15, 0.2) is 42.9 Å². The molecule has 1 aromatic carbocycles. The van der Waals surface area contributed by atoms with Gasteiger partial charge in [0, 0.05) is 35.8 Å². The van der Waals surface area contributed by atoms with Gasteiger partial charge in [0.1, 0.15) is 17.6 Å². The Morgan fingerprint density at radius 2 is 1.79 bits per heavy atom. The Morgan fingerprint density at radius 1 is 1.03 bits per heavy atom. The predicted octanol–water partition coefficient (Wildman–Crippen LogP) is 2.57. The minimum Gasteiger partial charge on any atom is -0.480 e. The molecule has 0 atom stereocenters. The van der Waals surface area contributed by atoms with Crippen molar-refractivity contribution in [2.45, 2.75) is 0 Å². The molecule has 0 radical (unpaired) electrons. The molecule has 10 heteroatoms. The maximum Gasteiger partial charge on any atom is 0.254 e. The van der Waals surface area contributed by atoms with E-state index in [1.165, 1.54) is 20.5 Å². The number of morpholine rings is 1. The van der Waals surface area contributed by atoms with Gasteiger partial charge >= 0.3 is 0 Å². The lowest BCUT2D eigenvalue weighted by Crippen LogP contribution is -2.40. The molecule has 0 unspecified atom stereocenters. The van der Waals surface area contributed by atoms with Crippen molar-refractivity contribution in [1.82, 2.24) is 30.0 Å². The van der Waals surface area contributed by atoms with Gasteiger partial charge < -0.3 is 19.1 Å². The van der Waals surface area contributed by atoms with Gasteiger partial charge in [-0.3, -0.25) is 9.89 Å². The Morgan fingerprint density at radius 3 is 2.52 bits per heavy atom. The standard InChI is InChI=1S/C23H22N6O4/c1-31-21-18(22(32-2)26-13-25-21)19-17-11-16(12-24-20(17)28-27-19)14-4-3-5-15(10-14)23(30)29-6-8-33-9-7-29/h3-5,10-13H,6-9H2,1-2H3,(H,24,27,28). The topological polar surface area (TPSA) is 115 Å². The number of hydrogen-bond acceptors (Lipinski definition) is 8. The van der Waals surface area contributed by atoms with E-state index in [9.17, 15) is 4.79 Å². The first-order valence-electron chi connectivity index (χ1n) is 10.4. The van der Waals surface area contributed by atoms with Gasteiger partial charge in [-0.2, -0.15) is 5.10 Å². The summed E-state index contributed by atoms with van der Waals surface area (Å²) in [6.07, 6.45) is 3.12. The molecule has 1 aliphatic heterocycles. The number of hydrogen-bond donors (Lipinski definition) is 1. The summed E-state index contributed by atoms with van der Waals surface area (Å²) in [7, 11) is 3.06. The van der Waals surface area contributed by atoms with Crippen LogP contribution in [0.5, 0.6) is 11.8 Å². The summed E-state index contributed by atoms with van der Waals surface area (Å²) < 4.78 is 16.2. The van der Waals surface area contributed by atoms with Gasteiger partial charge in [-0.25, -0.2) is 15.0 Å². The van der Waals surface area contributed by atoms with E-state index in [1.807, 2.05) is 35.2 Å². The van der Waals surface area contributed by atoms with Crippen molar-refractivity contribution < 1.29 is 19.0 Å². The molecule has 4 heterocycles. The van der Waals surface area contributed by atoms with Gasteiger partial charge in [0.15, 0.2) is 5.65 Å². The number of benzene rings is 1. The summed E-state index contributed by atoms with van der Waals surface area (Å²) in [5.41, 5.74) is 4.04. The average molecular weight is 446 g/mol. The van der Waals surface area contributed by atoms with Gasteiger partial charge in [-0.05, 0) is 23.8 Å². The molecule has 10 nitrogen and oxygen atoms in total. The van der Waals surface area contributed by atoms with Gasteiger partial charge in [0.05, 0.1) is 27.4 Å². The molecule has 168 valence electrons. The number of carbonyl (C=O) groups is 1. The van der Waals surface area contributed by atoms with Crippen LogP contribution in [0.1, 0.15) is 10.4 Å². The van der Waals surface area contributed by atoms with Crippen LogP contribution in [0.3, 0.4) is 0 Å². The summed E-state index contributed by atoms with van der Waals surface area (Å²) in [5, 5.41) is 8.12. The number of rotatable bonds is 5. The van der Waals surface area contributed by atoms with Gasteiger partial charge in [-0.1, -0.05) is 12.1 Å². The van der Waals surface area contributed by atoms with Crippen LogP contribution in [0.2, 0.25) is 0 Å². The molecule has 0 bridgehead atoms. The molecule has 33 heavy (non-hydrogen) atoms. The van der Waals surface area contributed by atoms with Crippen LogP contribution >= 0.6 is 0 Å². The molecule has 0 aliphatic carbocycles. The smallest absolute Gasteiger partial charge is 0.254 e. The highest BCUT2D eigenvalue weighted by molar-refractivity contribution is 5.97. The minimum atomic E-state index is -0.00547. The van der Waals surface area contributed by atoms with Crippen molar-refractivity contribution in [3.05, 3.63) is 48.4 Å². The van der Waals surface area contributed by atoms with Gasteiger partial charge in [0.25, 0.3) is 5.91 Å². The van der Waals surface area contributed by atoms with E-state index in [0.717, 1.165) is 16.5 Å². The molecule has 1 fully saturated rings. The zero-order valence-corrected chi connectivity index (χ0v) is 18.2. The highest BCUT2D eigenvalue weighted by atomic mass is 16.5. The van der Waals surface area contributed by atoms with Crippen molar-refractivity contribution in [3.8, 4) is 34.1 Å². The molecular formula is C23H22N6O4. The molecule has 1 aliphatic rings. The molecule has 5 rings (SSSR count). The molecule has 3 aromatic heterocycles. The van der Waals surface area contributed by atoms with E-state index >= 15 is 0 Å². The second-order valence-corrected chi connectivity index (χ2v) is 7.44. The van der Waals surface area contributed by atoms with E-state index in [-0.39, 0.29) is 5.91 Å². The van der Waals surface area contributed by atoms with Crippen LogP contribution in [0.25, 0.3) is 33.4 Å². The fourth-order valence-corrected chi connectivity index (χ4v) is 3.90. The molecule has 4 aromatic rings. The number of carbonyl (C=O) groups excluding carboxylic acids is 1. The average Bonchev–Trinajstić information content (AvgIpc) is 3.31. The van der Waals surface area contributed by atoms with Crippen LogP contribution in [-0.2, 0) is 4.74 Å². The van der Waals surface area contributed by atoms with E-state index in [0.29, 0.717) is 60.5 Å². The summed E-state index contributed by atoms with van der Waals surface area (Å²) >= 11 is 0. The Hall–Kier alpha value is -4.05. The van der Waals surface area contributed by atoms with Crippen LogP contribution < -0.4 is 9.47 Å². The number of nitrogens with one attached hydrogen (secondary N) is 1. The quantitative estimate of drug-likeness (QED) is 0.497. The van der Waals surface area contributed by atoms with Crippen LogP contribution in [-0.4, -0.2) is 76.5 Å². The molecule has 0 saturated carbocycles. The number of amides is 1. The lowest BCUT2D eigenvalue weighted by Gasteiger charge is -2.27. The highest BCUT2D eigenvalue weighted by Gasteiger charge is 2.22. The van der Waals surface area contributed by atoms with Crippen molar-refractivity contribution in [2.24, 2.45) is 0 Å². The minimum absolute atomic E-state index is 0.00547. The lowest BCUT2D eigenvalue weighted by atomic mass is 10.0. The normalized spacial score (nSPS) is 13.8. The second kappa shape index (κ2) is 8.83. The maximum absolute atomic E-state index is 12.9. The van der Waals surface area contributed by atoms with Crippen molar-refractivity contribution in [3.63, 3.8) is 0 Å². The van der Waals surface area contributed by atoms with E-state index in [4.69, 9.17) is 14.2 Å². The zero-order chi connectivity index (χ0) is 22.8. The number of pyridine rings is 1. The van der Waals surface area contributed by atoms with Gasteiger partial charge in [-0.15, -0.1) is 0 Å². The number of aromatic nitrogens is 5. The van der Waals surface area contributed by atoms with Crippen molar-refractivity contribution >= 4 is 16.9 Å². The summed E-state index contributed by atoms with van der Waals surface area (Å²) in [6, 6.07) is 9.50. The molecule has 0 spiro atoms. The fourth-order valence-electron chi connectivity index (χ4n) is 3.90. The molecule has 1 N–H and O–H groups in total. The Balaban J connectivity index is 1.56. The third-order valence-corrected chi connectivity index (χ3v) is 5.56. The van der Waals surface area contributed by atoms with Crippen LogP contribution in [0, 0.1) is 0 Å². The molecular weight excluding hydrogens is 424 g/mol. The third-order valence-electron chi connectivity index (χ3n) is 5.56. The number of H-pyrrole nitrogens is 1. The summed E-state index contributed by atoms with van der Waals surface area (Å²) in [6.45, 7) is 2.31. The first kappa shape index (κ1) is 20.8. The lowest BCUT2D eigenvalue weighted by molar-refractivity contribution is 0.0303. The number of nitrogens with zero attached hydrogens (tertiary/aromatic N) is 5. The predicted molar refractivity (Wildman–Crippen MR) is 120 cm³/mol. The Bertz CT molecular complexity index is 1290. The number of fused-ring (bicyclic) bond motifs is 1. The Labute approximate surface area is 189 Å². The van der Waals surface area contributed by atoms with Crippen LogP contribution in [0.4, 0.5) is 0 Å². The summed E-state index contributed by atoms with van der Waals surface area (Å²) in [4.78, 5) is 27.6.